The first-order chi connectivity index (χ1) is 7.80. The fraction of sp³-hybridized carbons (Fsp3) is 0.538. The van der Waals surface area contributed by atoms with Crippen molar-refractivity contribution >= 4 is 17.4 Å². The Morgan fingerprint density at radius 1 is 1.31 bits per heavy atom. The zero-order valence-corrected chi connectivity index (χ0v) is 11.1. The van der Waals surface area contributed by atoms with Crippen molar-refractivity contribution in [2.75, 3.05) is 25.3 Å². The van der Waals surface area contributed by atoms with E-state index in [9.17, 15) is 0 Å². The third-order valence-corrected chi connectivity index (χ3v) is 3.12. The van der Waals surface area contributed by atoms with Crippen LogP contribution in [0.5, 0.6) is 0 Å². The summed E-state index contributed by atoms with van der Waals surface area (Å²) >= 11 is 1.85. The van der Waals surface area contributed by atoms with Crippen LogP contribution in [0.3, 0.4) is 0 Å². The van der Waals surface area contributed by atoms with E-state index in [0.29, 0.717) is 6.04 Å². The molecule has 0 radical (unpaired) electrons. The van der Waals surface area contributed by atoms with Crippen LogP contribution in [0.25, 0.3) is 0 Å². The number of anilines is 1. The fourth-order valence-corrected chi connectivity index (χ4v) is 2.09. The SMILES string of the molecule is CCC(COC)Nc1ccc(CSC)cc1. The molecule has 1 atom stereocenters. The van der Waals surface area contributed by atoms with Gasteiger partial charge in [-0.15, -0.1) is 0 Å². The van der Waals surface area contributed by atoms with Gasteiger partial charge in [0.15, 0.2) is 0 Å². The fourth-order valence-electron chi connectivity index (χ4n) is 1.56. The number of rotatable bonds is 7. The molecule has 0 aromatic heterocycles. The van der Waals surface area contributed by atoms with E-state index in [4.69, 9.17) is 4.74 Å². The molecule has 0 heterocycles. The van der Waals surface area contributed by atoms with Crippen molar-refractivity contribution in [2.24, 2.45) is 0 Å². The lowest BCUT2D eigenvalue weighted by molar-refractivity contribution is 0.184. The topological polar surface area (TPSA) is 21.3 Å². The van der Waals surface area contributed by atoms with Crippen molar-refractivity contribution in [3.63, 3.8) is 0 Å². The van der Waals surface area contributed by atoms with Gasteiger partial charge in [-0.05, 0) is 30.4 Å². The summed E-state index contributed by atoms with van der Waals surface area (Å²) in [4.78, 5) is 0. The molecular weight excluding hydrogens is 218 g/mol. The number of methoxy groups -OCH3 is 1. The Morgan fingerprint density at radius 2 is 2.00 bits per heavy atom. The van der Waals surface area contributed by atoms with Gasteiger partial charge in [-0.25, -0.2) is 0 Å². The number of hydrogen-bond donors (Lipinski definition) is 1. The molecule has 16 heavy (non-hydrogen) atoms. The maximum absolute atomic E-state index is 5.16. The van der Waals surface area contributed by atoms with Gasteiger partial charge in [-0.1, -0.05) is 19.1 Å². The number of benzene rings is 1. The summed E-state index contributed by atoms with van der Waals surface area (Å²) in [7, 11) is 1.74. The molecule has 0 fully saturated rings. The molecule has 0 saturated carbocycles. The molecule has 1 rings (SSSR count). The second-order valence-corrected chi connectivity index (χ2v) is 4.70. The second kappa shape index (κ2) is 7.58. The smallest absolute Gasteiger partial charge is 0.0663 e. The first-order valence-electron chi connectivity index (χ1n) is 5.63. The van der Waals surface area contributed by atoms with Gasteiger partial charge in [0.2, 0.25) is 0 Å². The van der Waals surface area contributed by atoms with Crippen molar-refractivity contribution < 1.29 is 4.74 Å². The van der Waals surface area contributed by atoms with E-state index in [1.807, 2.05) is 11.8 Å². The summed E-state index contributed by atoms with van der Waals surface area (Å²) in [6.45, 7) is 2.92. The molecule has 1 N–H and O–H groups in total. The molecule has 0 saturated heterocycles. The highest BCUT2D eigenvalue weighted by molar-refractivity contribution is 7.97. The van der Waals surface area contributed by atoms with Crippen LogP contribution in [0.2, 0.25) is 0 Å². The first kappa shape index (κ1) is 13.4. The summed E-state index contributed by atoms with van der Waals surface area (Å²) in [6.07, 6.45) is 3.19. The van der Waals surface area contributed by atoms with Crippen molar-refractivity contribution in [2.45, 2.75) is 25.1 Å². The highest BCUT2D eigenvalue weighted by Crippen LogP contribution is 2.15. The van der Waals surface area contributed by atoms with Gasteiger partial charge in [0.05, 0.1) is 6.61 Å². The minimum absolute atomic E-state index is 0.399. The maximum Gasteiger partial charge on any atom is 0.0663 e. The van der Waals surface area contributed by atoms with Crippen LogP contribution >= 0.6 is 11.8 Å². The van der Waals surface area contributed by atoms with E-state index in [0.717, 1.165) is 18.8 Å². The highest BCUT2D eigenvalue weighted by atomic mass is 32.2. The lowest BCUT2D eigenvalue weighted by Gasteiger charge is -2.17. The highest BCUT2D eigenvalue weighted by Gasteiger charge is 2.04. The number of ether oxygens (including phenoxy) is 1. The summed E-state index contributed by atoms with van der Waals surface area (Å²) in [5.41, 5.74) is 2.55. The van der Waals surface area contributed by atoms with Gasteiger partial charge >= 0.3 is 0 Å². The molecule has 0 amide bonds. The lowest BCUT2D eigenvalue weighted by Crippen LogP contribution is -2.23. The van der Waals surface area contributed by atoms with Crippen molar-refractivity contribution in [3.8, 4) is 0 Å². The van der Waals surface area contributed by atoms with Crippen LogP contribution in [0.15, 0.2) is 24.3 Å². The summed E-state index contributed by atoms with van der Waals surface area (Å²) in [6, 6.07) is 9.04. The molecule has 2 nitrogen and oxygen atoms in total. The van der Waals surface area contributed by atoms with E-state index in [1.54, 1.807) is 7.11 Å². The van der Waals surface area contributed by atoms with Gasteiger partial charge in [-0.3, -0.25) is 0 Å². The Bertz CT molecular complexity index is 286. The Labute approximate surface area is 103 Å². The molecular formula is C13H21NOS. The zero-order valence-electron chi connectivity index (χ0n) is 10.3. The molecule has 3 heteroatoms. The van der Waals surface area contributed by atoms with E-state index in [1.165, 1.54) is 11.3 Å². The Hall–Kier alpha value is -0.670. The van der Waals surface area contributed by atoms with Crippen molar-refractivity contribution in [1.82, 2.24) is 0 Å². The van der Waals surface area contributed by atoms with E-state index >= 15 is 0 Å². The lowest BCUT2D eigenvalue weighted by atomic mass is 10.2. The van der Waals surface area contributed by atoms with Crippen LogP contribution in [0.1, 0.15) is 18.9 Å². The Balaban J connectivity index is 2.53. The Kier molecular flexibility index (Phi) is 6.34. The van der Waals surface area contributed by atoms with E-state index < -0.39 is 0 Å². The number of thioether (sulfide) groups is 1. The maximum atomic E-state index is 5.16. The van der Waals surface area contributed by atoms with Crippen molar-refractivity contribution in [3.05, 3.63) is 29.8 Å². The molecule has 0 spiro atoms. The minimum Gasteiger partial charge on any atom is -0.383 e. The molecule has 0 aliphatic rings. The molecule has 1 aromatic carbocycles. The third kappa shape index (κ3) is 4.45. The molecule has 1 aromatic rings. The van der Waals surface area contributed by atoms with Gasteiger partial charge in [0.25, 0.3) is 0 Å². The van der Waals surface area contributed by atoms with Crippen LogP contribution in [0, 0.1) is 0 Å². The monoisotopic (exact) mass is 239 g/mol. The predicted octanol–water partition coefficient (Wildman–Crippen LogP) is 3.39. The average Bonchev–Trinajstić information content (AvgIpc) is 2.31. The largest absolute Gasteiger partial charge is 0.383 e. The quantitative estimate of drug-likeness (QED) is 0.788. The van der Waals surface area contributed by atoms with Gasteiger partial charge in [0.1, 0.15) is 0 Å². The van der Waals surface area contributed by atoms with E-state index in [2.05, 4.69) is 42.8 Å². The normalized spacial score (nSPS) is 12.4. The van der Waals surface area contributed by atoms with Crippen LogP contribution in [-0.2, 0) is 10.5 Å². The molecule has 90 valence electrons. The number of hydrogen-bond acceptors (Lipinski definition) is 3. The molecule has 0 aliphatic carbocycles. The van der Waals surface area contributed by atoms with Gasteiger partial charge in [-0.2, -0.15) is 11.8 Å². The first-order valence-corrected chi connectivity index (χ1v) is 7.02. The average molecular weight is 239 g/mol. The van der Waals surface area contributed by atoms with Gasteiger partial charge < -0.3 is 10.1 Å². The van der Waals surface area contributed by atoms with Crippen LogP contribution in [0.4, 0.5) is 5.69 Å². The van der Waals surface area contributed by atoms with Crippen LogP contribution in [-0.4, -0.2) is 26.0 Å². The minimum atomic E-state index is 0.399. The van der Waals surface area contributed by atoms with Gasteiger partial charge in [0, 0.05) is 24.6 Å². The molecule has 0 aliphatic heterocycles. The Morgan fingerprint density at radius 3 is 2.50 bits per heavy atom. The van der Waals surface area contributed by atoms with E-state index in [-0.39, 0.29) is 0 Å². The number of nitrogens with one attached hydrogen (secondary N) is 1. The predicted molar refractivity (Wildman–Crippen MR) is 73.2 cm³/mol. The standard InChI is InChI=1S/C13H21NOS/c1-4-12(9-15-2)14-13-7-5-11(6-8-13)10-16-3/h5-8,12,14H,4,9-10H2,1-3H3. The summed E-state index contributed by atoms with van der Waals surface area (Å²) < 4.78 is 5.16. The second-order valence-electron chi connectivity index (χ2n) is 3.83. The van der Waals surface area contributed by atoms with Crippen LogP contribution < -0.4 is 5.32 Å². The summed E-state index contributed by atoms with van der Waals surface area (Å²) in [5, 5.41) is 3.47. The molecule has 1 unspecified atom stereocenters. The summed E-state index contributed by atoms with van der Waals surface area (Å²) in [5.74, 6) is 1.08. The van der Waals surface area contributed by atoms with Crippen molar-refractivity contribution in [1.29, 1.82) is 0 Å². The zero-order chi connectivity index (χ0) is 11.8. The molecule has 0 bridgehead atoms. The third-order valence-electron chi connectivity index (χ3n) is 2.50.